The summed E-state index contributed by atoms with van der Waals surface area (Å²) in [6.07, 6.45) is 3.41. The Kier molecular flexibility index (Phi) is 32.1. The molecule has 4 N–H and O–H groups in total. The van der Waals surface area contributed by atoms with E-state index in [0.29, 0.717) is 85.6 Å². The summed E-state index contributed by atoms with van der Waals surface area (Å²) in [5, 5.41) is 11.3. The Morgan fingerprint density at radius 2 is 0.759 bits per heavy atom. The van der Waals surface area contributed by atoms with E-state index in [1.54, 1.807) is 0 Å². The summed E-state index contributed by atoms with van der Waals surface area (Å²) in [6.45, 7) is 13.4. The zero-order chi connectivity index (χ0) is 39.4. The largest absolute Gasteiger partial charge is 0.380 e. The summed E-state index contributed by atoms with van der Waals surface area (Å²) >= 11 is 0. The number of hydrogen-bond donors (Lipinski definition) is 4. The third-order valence-electron chi connectivity index (χ3n) is 7.55. The van der Waals surface area contributed by atoms with E-state index in [1.165, 1.54) is 0 Å². The van der Waals surface area contributed by atoms with Crippen molar-refractivity contribution in [3.05, 3.63) is 0 Å². The lowest BCUT2D eigenvalue weighted by Gasteiger charge is -2.33. The minimum Gasteiger partial charge on any atom is -0.380 e. The van der Waals surface area contributed by atoms with Gasteiger partial charge in [0.25, 0.3) is 0 Å². The third-order valence-corrected chi connectivity index (χ3v) is 7.55. The quantitative estimate of drug-likeness (QED) is 0.0502. The summed E-state index contributed by atoms with van der Waals surface area (Å²) in [6, 6.07) is 0. The molecule has 17 heteroatoms. The Hall–Kier alpha value is -2.48. The van der Waals surface area contributed by atoms with Gasteiger partial charge in [-0.2, -0.15) is 0 Å². The van der Waals surface area contributed by atoms with E-state index in [-0.39, 0.29) is 108 Å². The number of hydrogen-bond acceptors (Lipinski definition) is 13. The third kappa shape index (κ3) is 30.8. The highest BCUT2D eigenvalue weighted by atomic mass is 16.6. The van der Waals surface area contributed by atoms with Crippen LogP contribution in [-0.4, -0.2) is 168 Å². The molecule has 54 heavy (non-hydrogen) atoms. The molecule has 17 nitrogen and oxygen atoms in total. The Bertz CT molecular complexity index is 875. The molecule has 0 radical (unpaired) electrons. The molecule has 1 unspecified atom stereocenters. The lowest BCUT2D eigenvalue weighted by Crippen LogP contribution is -2.43. The highest BCUT2D eigenvalue weighted by Crippen LogP contribution is 2.21. The van der Waals surface area contributed by atoms with Gasteiger partial charge in [0, 0.05) is 71.7 Å². The normalized spacial score (nSPS) is 13.8. The molecule has 4 amide bonds. The van der Waals surface area contributed by atoms with Crippen LogP contribution in [0.5, 0.6) is 0 Å². The van der Waals surface area contributed by atoms with Crippen LogP contribution >= 0.6 is 0 Å². The first-order chi connectivity index (χ1) is 26.3. The van der Waals surface area contributed by atoms with Gasteiger partial charge in [0.2, 0.25) is 23.6 Å². The van der Waals surface area contributed by atoms with Gasteiger partial charge in [0.15, 0.2) is 0 Å². The number of nitrogens with one attached hydrogen (secondary N) is 4. The topological polar surface area (TPSA) is 203 Å². The van der Waals surface area contributed by atoms with Crippen LogP contribution in [-0.2, 0) is 61.8 Å². The predicted molar refractivity (Wildman–Crippen MR) is 200 cm³/mol. The van der Waals surface area contributed by atoms with Gasteiger partial charge >= 0.3 is 0 Å². The maximum atomic E-state index is 12.4. The monoisotopic (exact) mass is 778 g/mol. The van der Waals surface area contributed by atoms with Crippen molar-refractivity contribution >= 4 is 23.6 Å². The number of ether oxygens (including phenoxy) is 9. The van der Waals surface area contributed by atoms with Gasteiger partial charge in [-0.25, -0.2) is 0 Å². The smallest absolute Gasteiger partial charge is 0.222 e. The van der Waals surface area contributed by atoms with Crippen LogP contribution in [0.4, 0.5) is 0 Å². The molecule has 0 aromatic heterocycles. The van der Waals surface area contributed by atoms with Crippen molar-refractivity contribution in [3.8, 4) is 0 Å². The average Bonchev–Trinajstić information content (AvgIpc) is 3.99. The Morgan fingerprint density at radius 3 is 1.04 bits per heavy atom. The zero-order valence-electron chi connectivity index (χ0n) is 33.2. The van der Waals surface area contributed by atoms with E-state index < -0.39 is 5.41 Å². The van der Waals surface area contributed by atoms with Crippen LogP contribution < -0.4 is 21.3 Å². The van der Waals surface area contributed by atoms with E-state index in [4.69, 9.17) is 42.6 Å². The first-order valence-electron chi connectivity index (χ1n) is 19.6. The van der Waals surface area contributed by atoms with Crippen LogP contribution in [0.3, 0.4) is 0 Å². The van der Waals surface area contributed by atoms with Gasteiger partial charge in [-0.1, -0.05) is 20.8 Å². The second-order valence-corrected chi connectivity index (χ2v) is 13.0. The van der Waals surface area contributed by atoms with Crippen LogP contribution in [0.25, 0.3) is 0 Å². The van der Waals surface area contributed by atoms with E-state index in [9.17, 15) is 19.2 Å². The second kappa shape index (κ2) is 35.0. The number of carbonyl (C=O) groups is 4. The summed E-state index contributed by atoms with van der Waals surface area (Å²) in [4.78, 5) is 49.5. The Balaban J connectivity index is 2.75. The second-order valence-electron chi connectivity index (χ2n) is 13.0. The molecule has 1 heterocycles. The van der Waals surface area contributed by atoms with Crippen molar-refractivity contribution in [1.29, 1.82) is 0 Å². The molecule has 0 aromatic carbocycles. The van der Waals surface area contributed by atoms with Crippen LogP contribution in [0, 0.1) is 5.41 Å². The molecule has 1 aliphatic heterocycles. The fourth-order valence-corrected chi connectivity index (χ4v) is 4.59. The molecule has 1 saturated heterocycles. The van der Waals surface area contributed by atoms with Crippen LogP contribution in [0.1, 0.15) is 65.7 Å². The van der Waals surface area contributed by atoms with Gasteiger partial charge in [-0.05, 0) is 19.3 Å². The SMILES string of the molecule is CCCOCCNC(=O)CCOCC(COCCC(=O)NCCOCCC)(COCCC(=O)NCCOCCC)COCCC(=O)NCCOCC1CO1. The minimum atomic E-state index is -0.880. The van der Waals surface area contributed by atoms with Crippen LogP contribution in [0.2, 0.25) is 0 Å². The first-order valence-corrected chi connectivity index (χ1v) is 19.6. The lowest BCUT2D eigenvalue weighted by atomic mass is 9.92. The van der Waals surface area contributed by atoms with E-state index in [1.807, 2.05) is 20.8 Å². The van der Waals surface area contributed by atoms with Crippen molar-refractivity contribution in [1.82, 2.24) is 21.3 Å². The fraction of sp³-hybridized carbons (Fsp3) is 0.892. The number of amides is 4. The molecule has 0 saturated carbocycles. The number of epoxide rings is 1. The van der Waals surface area contributed by atoms with Gasteiger partial charge in [-0.3, -0.25) is 19.2 Å². The molecule has 0 bridgehead atoms. The maximum Gasteiger partial charge on any atom is 0.222 e. The van der Waals surface area contributed by atoms with Crippen molar-refractivity contribution in [2.45, 2.75) is 71.8 Å². The molecule has 0 spiro atoms. The van der Waals surface area contributed by atoms with Gasteiger partial charge in [0.05, 0.1) is 97.9 Å². The first kappa shape index (κ1) is 49.5. The molecule has 1 atom stereocenters. The number of rotatable bonds is 40. The summed E-state index contributed by atoms with van der Waals surface area (Å²) < 4.78 is 50.8. The molecule has 1 rings (SSSR count). The highest BCUT2D eigenvalue weighted by Gasteiger charge is 2.33. The van der Waals surface area contributed by atoms with E-state index >= 15 is 0 Å². The van der Waals surface area contributed by atoms with Crippen molar-refractivity contribution in [2.24, 2.45) is 5.41 Å². The molecule has 1 fully saturated rings. The minimum absolute atomic E-state index is 0.0909. The zero-order valence-corrected chi connectivity index (χ0v) is 33.2. The molecule has 1 aliphatic rings. The van der Waals surface area contributed by atoms with Crippen molar-refractivity contribution in [3.63, 3.8) is 0 Å². The van der Waals surface area contributed by atoms with E-state index in [2.05, 4.69) is 21.3 Å². The Labute approximate surface area is 322 Å². The highest BCUT2D eigenvalue weighted by molar-refractivity contribution is 5.77. The lowest BCUT2D eigenvalue weighted by molar-refractivity contribution is -0.129. The van der Waals surface area contributed by atoms with E-state index in [0.717, 1.165) is 19.3 Å². The summed E-state index contributed by atoms with van der Waals surface area (Å²) in [5.41, 5.74) is -0.880. The maximum absolute atomic E-state index is 12.4. The number of carbonyl (C=O) groups excluding carboxylic acids is 4. The molecule has 0 aliphatic carbocycles. The molecule has 316 valence electrons. The van der Waals surface area contributed by atoms with Gasteiger partial charge in [-0.15, -0.1) is 0 Å². The molecular weight excluding hydrogens is 708 g/mol. The van der Waals surface area contributed by atoms with Crippen molar-refractivity contribution in [2.75, 3.05) is 138 Å². The predicted octanol–water partition coefficient (Wildman–Crippen LogP) is 0.760. The van der Waals surface area contributed by atoms with Gasteiger partial charge in [0.1, 0.15) is 6.10 Å². The Morgan fingerprint density at radius 1 is 0.463 bits per heavy atom. The fourth-order valence-electron chi connectivity index (χ4n) is 4.59. The van der Waals surface area contributed by atoms with Crippen molar-refractivity contribution < 1.29 is 61.8 Å². The molecular formula is C37H70N4O13. The summed E-state index contributed by atoms with van der Waals surface area (Å²) in [7, 11) is 0. The molecule has 0 aromatic rings. The van der Waals surface area contributed by atoms with Crippen LogP contribution in [0.15, 0.2) is 0 Å². The van der Waals surface area contributed by atoms with Gasteiger partial charge < -0.3 is 63.9 Å². The standard InChI is InChI=1S/C37H70N4O13/c1-4-15-46-22-11-38-33(42)7-18-50-28-37(29-51-19-8-34(43)39-12-23-47-16-5-2,30-52-20-9-35(44)40-13-24-48-17-6-3)31-53-21-10-36(45)41-14-25-49-26-32-27-54-32/h32H,4-31H2,1-3H3,(H,38,42)(H,39,43)(H,40,44)(H,41,45). The average molecular weight is 779 g/mol. The summed E-state index contributed by atoms with van der Waals surface area (Å²) in [5.74, 6) is -0.684.